The maximum atomic E-state index is 15.0. The summed E-state index contributed by atoms with van der Waals surface area (Å²) in [6.07, 6.45) is -0.166. The molecule has 1 atom stereocenters. The van der Waals surface area contributed by atoms with E-state index in [9.17, 15) is 18.4 Å². The van der Waals surface area contributed by atoms with Crippen LogP contribution < -0.4 is 10.1 Å². The van der Waals surface area contributed by atoms with Gasteiger partial charge in [-0.1, -0.05) is 19.9 Å². The molecule has 0 aliphatic carbocycles. The molecule has 2 aromatic rings. The average molecular weight is 505 g/mol. The number of fused-ring (bicyclic) bond motifs is 1. The smallest absolute Gasteiger partial charge is 0.411 e. The molecule has 36 heavy (non-hydrogen) atoms. The van der Waals surface area contributed by atoms with Crippen molar-refractivity contribution in [1.82, 2.24) is 4.90 Å². The number of benzene rings is 2. The van der Waals surface area contributed by atoms with Gasteiger partial charge in [0, 0.05) is 30.3 Å². The topological polar surface area (TPSA) is 77.1 Å². The zero-order valence-electron chi connectivity index (χ0n) is 21.8. The van der Waals surface area contributed by atoms with E-state index in [2.05, 4.69) is 5.32 Å². The van der Waals surface area contributed by atoms with E-state index >= 15 is 0 Å². The number of carbonyl (C=O) groups is 2. The van der Waals surface area contributed by atoms with Crippen LogP contribution in [0.2, 0.25) is 0 Å². The van der Waals surface area contributed by atoms with Crippen molar-refractivity contribution < 1.29 is 32.6 Å². The van der Waals surface area contributed by atoms with Crippen LogP contribution >= 0.6 is 0 Å². The number of halogens is 2. The Bertz CT molecular complexity index is 1120. The van der Waals surface area contributed by atoms with Crippen molar-refractivity contribution in [2.24, 2.45) is 0 Å². The Kier molecular flexibility index (Phi) is 7.93. The lowest BCUT2D eigenvalue weighted by Crippen LogP contribution is -2.47. The van der Waals surface area contributed by atoms with Crippen molar-refractivity contribution >= 4 is 17.7 Å². The van der Waals surface area contributed by atoms with Crippen molar-refractivity contribution in [3.63, 3.8) is 0 Å². The number of methoxy groups -OCH3 is 2. The summed E-state index contributed by atoms with van der Waals surface area (Å²) in [5, 5.41) is 2.59. The fourth-order valence-corrected chi connectivity index (χ4v) is 4.47. The molecule has 0 spiro atoms. The number of anilines is 1. The van der Waals surface area contributed by atoms with E-state index in [1.54, 1.807) is 53.9 Å². The van der Waals surface area contributed by atoms with Gasteiger partial charge in [-0.3, -0.25) is 9.69 Å². The van der Waals surface area contributed by atoms with Crippen molar-refractivity contribution in [2.45, 2.75) is 58.1 Å². The van der Waals surface area contributed by atoms with Crippen LogP contribution in [0.15, 0.2) is 30.3 Å². The molecule has 1 aliphatic rings. The van der Waals surface area contributed by atoms with E-state index in [-0.39, 0.29) is 24.4 Å². The first-order chi connectivity index (χ1) is 16.8. The average Bonchev–Trinajstić information content (AvgIpc) is 2.75. The summed E-state index contributed by atoms with van der Waals surface area (Å²) in [5.74, 6) is -1.60. The molecule has 9 heteroatoms. The molecule has 0 bridgehead atoms. The number of nitrogens with one attached hydrogen (secondary N) is 1. The minimum absolute atomic E-state index is 0.0586. The SMILES string of the molecule is COCC(C)(C)c1c(F)cc(NC(=O)C2c3ccc(OC)cc3CCN2C(=O)OC(C)(C)C)cc1F. The minimum Gasteiger partial charge on any atom is -0.497 e. The molecular weight excluding hydrogens is 470 g/mol. The van der Waals surface area contributed by atoms with E-state index in [1.807, 2.05) is 6.07 Å². The van der Waals surface area contributed by atoms with E-state index in [0.29, 0.717) is 17.7 Å². The maximum absolute atomic E-state index is 15.0. The van der Waals surface area contributed by atoms with Gasteiger partial charge in [-0.15, -0.1) is 0 Å². The lowest BCUT2D eigenvalue weighted by Gasteiger charge is -2.37. The van der Waals surface area contributed by atoms with E-state index in [4.69, 9.17) is 14.2 Å². The fraction of sp³-hybridized carbons (Fsp3) is 0.481. The first-order valence-corrected chi connectivity index (χ1v) is 11.7. The second kappa shape index (κ2) is 10.4. The summed E-state index contributed by atoms with van der Waals surface area (Å²) in [6, 6.07) is 6.31. The predicted molar refractivity (Wildman–Crippen MR) is 132 cm³/mol. The third kappa shape index (κ3) is 5.95. The van der Waals surface area contributed by atoms with Crippen molar-refractivity contribution in [3.05, 3.63) is 58.7 Å². The molecule has 1 aliphatic heterocycles. The molecule has 7 nitrogen and oxygen atoms in total. The molecule has 0 aromatic heterocycles. The highest BCUT2D eigenvalue weighted by Crippen LogP contribution is 2.35. The van der Waals surface area contributed by atoms with Gasteiger partial charge in [0.25, 0.3) is 5.91 Å². The van der Waals surface area contributed by atoms with Gasteiger partial charge in [0.05, 0.1) is 13.7 Å². The van der Waals surface area contributed by atoms with E-state index < -0.39 is 40.7 Å². The van der Waals surface area contributed by atoms with Crippen molar-refractivity contribution in [1.29, 1.82) is 0 Å². The fourth-order valence-electron chi connectivity index (χ4n) is 4.47. The molecular formula is C27H34F2N2O5. The van der Waals surface area contributed by atoms with Crippen LogP contribution in [0.1, 0.15) is 57.4 Å². The second-order valence-electron chi connectivity index (χ2n) is 10.5. The predicted octanol–water partition coefficient (Wildman–Crippen LogP) is 5.37. The molecule has 3 rings (SSSR count). The Morgan fingerprint density at radius 1 is 1.06 bits per heavy atom. The highest BCUT2D eigenvalue weighted by Gasteiger charge is 2.38. The molecule has 1 heterocycles. The number of hydrogen-bond donors (Lipinski definition) is 1. The summed E-state index contributed by atoms with van der Waals surface area (Å²) in [6.45, 7) is 8.88. The second-order valence-corrected chi connectivity index (χ2v) is 10.5. The Labute approximate surface area is 210 Å². The van der Waals surface area contributed by atoms with Gasteiger partial charge in [0.2, 0.25) is 0 Å². The van der Waals surface area contributed by atoms with E-state index in [0.717, 1.165) is 17.7 Å². The molecule has 1 N–H and O–H groups in total. The minimum atomic E-state index is -1.06. The van der Waals surface area contributed by atoms with Crippen LogP contribution in [0.5, 0.6) is 5.75 Å². The lowest BCUT2D eigenvalue weighted by atomic mass is 9.84. The van der Waals surface area contributed by atoms with Crippen LogP contribution in [-0.2, 0) is 26.1 Å². The first kappa shape index (κ1) is 27.4. The number of amides is 2. The van der Waals surface area contributed by atoms with Gasteiger partial charge in [-0.25, -0.2) is 13.6 Å². The Balaban J connectivity index is 1.97. The zero-order valence-corrected chi connectivity index (χ0v) is 21.8. The summed E-state index contributed by atoms with van der Waals surface area (Å²) in [5.41, 5.74) is -0.451. The van der Waals surface area contributed by atoms with Crippen LogP contribution in [0.4, 0.5) is 19.3 Å². The van der Waals surface area contributed by atoms with Gasteiger partial charge in [0.1, 0.15) is 29.0 Å². The molecule has 2 amide bonds. The van der Waals surface area contributed by atoms with Crippen molar-refractivity contribution in [2.75, 3.05) is 32.7 Å². The van der Waals surface area contributed by atoms with Crippen LogP contribution in [-0.4, -0.2) is 49.9 Å². The van der Waals surface area contributed by atoms with Gasteiger partial charge in [0.15, 0.2) is 0 Å². The molecule has 2 aromatic carbocycles. The quantitative estimate of drug-likeness (QED) is 0.572. The first-order valence-electron chi connectivity index (χ1n) is 11.7. The van der Waals surface area contributed by atoms with Crippen molar-refractivity contribution in [3.8, 4) is 5.75 Å². The summed E-state index contributed by atoms with van der Waals surface area (Å²) in [4.78, 5) is 27.9. The van der Waals surface area contributed by atoms with Crippen LogP contribution in [0, 0.1) is 11.6 Å². The summed E-state index contributed by atoms with van der Waals surface area (Å²) < 4.78 is 45.9. The Morgan fingerprint density at radius 3 is 2.25 bits per heavy atom. The number of ether oxygens (including phenoxy) is 3. The van der Waals surface area contributed by atoms with Gasteiger partial charge >= 0.3 is 6.09 Å². The van der Waals surface area contributed by atoms with Gasteiger partial charge in [-0.2, -0.15) is 0 Å². The third-order valence-electron chi connectivity index (χ3n) is 5.95. The summed E-state index contributed by atoms with van der Waals surface area (Å²) in [7, 11) is 3.00. The molecule has 0 saturated carbocycles. The molecule has 196 valence electrons. The van der Waals surface area contributed by atoms with Gasteiger partial charge in [-0.05, 0) is 62.6 Å². The summed E-state index contributed by atoms with van der Waals surface area (Å²) >= 11 is 0. The van der Waals surface area contributed by atoms with E-state index in [1.165, 1.54) is 12.0 Å². The molecule has 1 unspecified atom stereocenters. The number of rotatable bonds is 6. The standard InChI is InChI=1S/C27H34F2N2O5/c1-26(2,3)36-25(33)31-11-10-16-12-18(35-7)8-9-19(16)23(31)24(32)30-17-13-20(28)22(21(29)14-17)27(4,5)15-34-6/h8-9,12-14,23H,10-11,15H2,1-7H3,(H,30,32). The highest BCUT2D eigenvalue weighted by molar-refractivity contribution is 5.98. The number of hydrogen-bond acceptors (Lipinski definition) is 5. The lowest BCUT2D eigenvalue weighted by molar-refractivity contribution is -0.121. The molecule has 0 saturated heterocycles. The zero-order chi connectivity index (χ0) is 26.8. The van der Waals surface area contributed by atoms with Crippen LogP contribution in [0.25, 0.3) is 0 Å². The Hall–Kier alpha value is -3.20. The monoisotopic (exact) mass is 504 g/mol. The highest BCUT2D eigenvalue weighted by atomic mass is 19.1. The van der Waals surface area contributed by atoms with Crippen LogP contribution in [0.3, 0.4) is 0 Å². The molecule has 0 radical (unpaired) electrons. The maximum Gasteiger partial charge on any atom is 0.411 e. The Morgan fingerprint density at radius 2 is 1.69 bits per heavy atom. The third-order valence-corrected chi connectivity index (χ3v) is 5.95. The number of carbonyl (C=O) groups excluding carboxylic acids is 2. The number of nitrogens with zero attached hydrogens (tertiary/aromatic N) is 1. The molecule has 0 fully saturated rings. The van der Waals surface area contributed by atoms with Gasteiger partial charge < -0.3 is 19.5 Å². The largest absolute Gasteiger partial charge is 0.497 e. The normalized spacial score (nSPS) is 15.8.